The molecule has 4 nitrogen and oxygen atoms in total. The van der Waals surface area contributed by atoms with Gasteiger partial charge in [-0.1, -0.05) is 6.07 Å². The molecule has 0 amide bonds. The van der Waals surface area contributed by atoms with Crippen molar-refractivity contribution in [2.24, 2.45) is 0 Å². The average Bonchev–Trinajstić information content (AvgIpc) is 3.03. The zero-order chi connectivity index (χ0) is 18.1. The Balaban J connectivity index is 1.58. The van der Waals surface area contributed by atoms with Crippen molar-refractivity contribution in [3.8, 4) is 16.9 Å². The molecule has 4 rings (SSSR count). The number of ether oxygens (including phenoxy) is 1. The Kier molecular flexibility index (Phi) is 4.08. The van der Waals surface area contributed by atoms with E-state index in [0.29, 0.717) is 17.2 Å². The number of imidazole rings is 1. The highest BCUT2D eigenvalue weighted by molar-refractivity contribution is 5.66. The number of hydrogen-bond donors (Lipinski definition) is 0. The molecule has 0 radical (unpaired) electrons. The molecule has 0 saturated heterocycles. The van der Waals surface area contributed by atoms with E-state index in [1.165, 1.54) is 24.3 Å². The normalized spacial score (nSPS) is 11.0. The van der Waals surface area contributed by atoms with Crippen LogP contribution in [0.2, 0.25) is 0 Å². The first-order valence-corrected chi connectivity index (χ1v) is 8.07. The molecule has 2 heterocycles. The summed E-state index contributed by atoms with van der Waals surface area (Å²) in [5.41, 5.74) is 3.33. The predicted molar refractivity (Wildman–Crippen MR) is 93.9 cm³/mol. The van der Waals surface area contributed by atoms with E-state index in [0.717, 1.165) is 16.7 Å². The first kappa shape index (κ1) is 16.2. The molecule has 0 bridgehead atoms. The molecule has 6 heteroatoms. The lowest BCUT2D eigenvalue weighted by Gasteiger charge is -2.06. The van der Waals surface area contributed by atoms with Crippen LogP contribution in [0, 0.1) is 18.6 Å². The fraction of sp³-hybridized carbons (Fsp3) is 0.100. The molecule has 26 heavy (non-hydrogen) atoms. The highest BCUT2D eigenvalue weighted by atomic mass is 19.1. The number of aromatic nitrogens is 3. The van der Waals surface area contributed by atoms with Crippen LogP contribution in [0.5, 0.6) is 5.75 Å². The van der Waals surface area contributed by atoms with Crippen LogP contribution in [0.15, 0.2) is 61.1 Å². The summed E-state index contributed by atoms with van der Waals surface area (Å²) in [6.45, 7) is 2.11. The van der Waals surface area contributed by atoms with Gasteiger partial charge in [0.1, 0.15) is 24.0 Å². The number of fused-ring (bicyclic) bond motifs is 1. The third-order valence-corrected chi connectivity index (χ3v) is 4.06. The Morgan fingerprint density at radius 1 is 1.00 bits per heavy atom. The minimum Gasteiger partial charge on any atom is -0.487 e. The van der Waals surface area contributed by atoms with E-state index in [2.05, 4.69) is 9.97 Å². The Morgan fingerprint density at radius 2 is 1.77 bits per heavy atom. The lowest BCUT2D eigenvalue weighted by atomic mass is 10.0. The van der Waals surface area contributed by atoms with Crippen LogP contribution in [0.3, 0.4) is 0 Å². The van der Waals surface area contributed by atoms with Crippen LogP contribution in [-0.4, -0.2) is 14.4 Å². The lowest BCUT2D eigenvalue weighted by Crippen LogP contribution is -1.95. The molecular weight excluding hydrogens is 336 g/mol. The summed E-state index contributed by atoms with van der Waals surface area (Å²) in [4.78, 5) is 8.77. The van der Waals surface area contributed by atoms with Gasteiger partial charge in [-0.2, -0.15) is 0 Å². The highest BCUT2D eigenvalue weighted by Crippen LogP contribution is 2.23. The number of halogens is 2. The molecule has 2 aromatic heterocycles. The van der Waals surface area contributed by atoms with Gasteiger partial charge in [-0.15, -0.1) is 0 Å². The van der Waals surface area contributed by atoms with E-state index >= 15 is 0 Å². The fourth-order valence-electron chi connectivity index (χ4n) is 2.78. The summed E-state index contributed by atoms with van der Waals surface area (Å²) >= 11 is 0. The van der Waals surface area contributed by atoms with Gasteiger partial charge in [0, 0.05) is 24.2 Å². The third-order valence-electron chi connectivity index (χ3n) is 4.06. The van der Waals surface area contributed by atoms with Gasteiger partial charge in [-0.05, 0) is 54.4 Å². The largest absolute Gasteiger partial charge is 0.487 e. The first-order chi connectivity index (χ1) is 12.6. The predicted octanol–water partition coefficient (Wildman–Crippen LogP) is 4.56. The molecule has 0 N–H and O–H groups in total. The van der Waals surface area contributed by atoms with Crippen LogP contribution >= 0.6 is 0 Å². The number of hydrogen-bond acceptors (Lipinski definition) is 3. The summed E-state index contributed by atoms with van der Waals surface area (Å²) in [6.07, 6.45) is 5.44. The summed E-state index contributed by atoms with van der Waals surface area (Å²) in [5, 5.41) is 0. The van der Waals surface area contributed by atoms with E-state index in [1.807, 2.05) is 23.7 Å². The van der Waals surface area contributed by atoms with Crippen molar-refractivity contribution in [1.29, 1.82) is 0 Å². The van der Waals surface area contributed by atoms with Crippen molar-refractivity contribution in [2.75, 3.05) is 0 Å². The van der Waals surface area contributed by atoms with Crippen molar-refractivity contribution in [3.05, 3.63) is 83.9 Å². The maximum Gasteiger partial charge on any atom is 0.234 e. The van der Waals surface area contributed by atoms with Gasteiger partial charge in [-0.3, -0.25) is 4.40 Å². The van der Waals surface area contributed by atoms with Gasteiger partial charge < -0.3 is 4.74 Å². The SMILES string of the molecule is Cc1cc(F)ccc1-c1cnc2nc(COc3ccc(F)cc3)cn2c1. The molecule has 0 aliphatic carbocycles. The van der Waals surface area contributed by atoms with Gasteiger partial charge in [0.05, 0.1) is 5.69 Å². The molecule has 4 aromatic rings. The third kappa shape index (κ3) is 3.26. The van der Waals surface area contributed by atoms with E-state index in [-0.39, 0.29) is 18.2 Å². The minimum absolute atomic E-state index is 0.250. The number of benzene rings is 2. The van der Waals surface area contributed by atoms with E-state index in [1.54, 1.807) is 24.4 Å². The smallest absolute Gasteiger partial charge is 0.234 e. The summed E-state index contributed by atoms with van der Waals surface area (Å²) in [5.74, 6) is 0.548. The highest BCUT2D eigenvalue weighted by Gasteiger charge is 2.08. The Hall–Kier alpha value is -3.28. The zero-order valence-electron chi connectivity index (χ0n) is 14.0. The van der Waals surface area contributed by atoms with E-state index in [9.17, 15) is 8.78 Å². The van der Waals surface area contributed by atoms with Crippen LogP contribution in [0.1, 0.15) is 11.3 Å². The fourth-order valence-corrected chi connectivity index (χ4v) is 2.78. The lowest BCUT2D eigenvalue weighted by molar-refractivity contribution is 0.301. The quantitative estimate of drug-likeness (QED) is 0.541. The second-order valence-corrected chi connectivity index (χ2v) is 5.98. The van der Waals surface area contributed by atoms with E-state index in [4.69, 9.17) is 4.74 Å². The second-order valence-electron chi connectivity index (χ2n) is 5.98. The molecule has 0 fully saturated rings. The minimum atomic E-state index is -0.308. The Morgan fingerprint density at radius 3 is 2.54 bits per heavy atom. The Bertz CT molecular complexity index is 1070. The maximum absolute atomic E-state index is 13.3. The number of aryl methyl sites for hydroxylation is 1. The summed E-state index contributed by atoms with van der Waals surface area (Å²) in [6, 6.07) is 10.5. The molecule has 0 spiro atoms. The van der Waals surface area contributed by atoms with Gasteiger partial charge >= 0.3 is 0 Å². The van der Waals surface area contributed by atoms with Crippen molar-refractivity contribution >= 4 is 5.78 Å². The molecule has 2 aromatic carbocycles. The van der Waals surface area contributed by atoms with Crippen LogP contribution in [0.25, 0.3) is 16.9 Å². The van der Waals surface area contributed by atoms with Crippen molar-refractivity contribution < 1.29 is 13.5 Å². The van der Waals surface area contributed by atoms with Crippen molar-refractivity contribution in [3.63, 3.8) is 0 Å². The van der Waals surface area contributed by atoms with Crippen LogP contribution in [0.4, 0.5) is 8.78 Å². The standard InChI is InChI=1S/C20H15F2N3O/c1-13-8-16(22)4-7-19(13)14-9-23-20-24-17(11-25(20)10-14)12-26-18-5-2-15(21)3-6-18/h2-11H,12H2,1H3. The summed E-state index contributed by atoms with van der Waals surface area (Å²) in [7, 11) is 0. The molecule has 0 atom stereocenters. The van der Waals surface area contributed by atoms with Gasteiger partial charge in [0.2, 0.25) is 5.78 Å². The van der Waals surface area contributed by atoms with Crippen LogP contribution in [-0.2, 0) is 6.61 Å². The maximum atomic E-state index is 13.3. The number of rotatable bonds is 4. The van der Waals surface area contributed by atoms with Crippen molar-refractivity contribution in [1.82, 2.24) is 14.4 Å². The zero-order valence-corrected chi connectivity index (χ0v) is 14.0. The van der Waals surface area contributed by atoms with Gasteiger partial charge in [0.15, 0.2) is 0 Å². The van der Waals surface area contributed by atoms with E-state index < -0.39 is 0 Å². The monoisotopic (exact) mass is 351 g/mol. The molecule has 130 valence electrons. The molecule has 0 aliphatic rings. The van der Waals surface area contributed by atoms with Gasteiger partial charge in [-0.25, -0.2) is 18.7 Å². The average molecular weight is 351 g/mol. The van der Waals surface area contributed by atoms with Crippen LogP contribution < -0.4 is 4.74 Å². The molecule has 0 saturated carbocycles. The molecule has 0 aliphatic heterocycles. The molecular formula is C20H15F2N3O. The Labute approximate surface area is 148 Å². The second kappa shape index (κ2) is 6.55. The van der Waals surface area contributed by atoms with Gasteiger partial charge in [0.25, 0.3) is 0 Å². The molecule has 0 unspecified atom stereocenters. The van der Waals surface area contributed by atoms with Crippen molar-refractivity contribution in [2.45, 2.75) is 13.5 Å². The topological polar surface area (TPSA) is 39.4 Å². The first-order valence-electron chi connectivity index (χ1n) is 8.07. The number of nitrogens with zero attached hydrogens (tertiary/aromatic N) is 3. The summed E-state index contributed by atoms with van der Waals surface area (Å²) < 4.78 is 33.6.